The number of likely N-dealkylation sites (tertiary alicyclic amines) is 1. The molecule has 6 nitrogen and oxygen atoms in total. The summed E-state index contributed by atoms with van der Waals surface area (Å²) < 4.78 is 5.29. The molecule has 0 saturated carbocycles. The van der Waals surface area contributed by atoms with Gasteiger partial charge < -0.3 is 19.9 Å². The molecule has 2 aliphatic heterocycles. The van der Waals surface area contributed by atoms with Gasteiger partial charge in [0, 0.05) is 37.4 Å². The van der Waals surface area contributed by atoms with Gasteiger partial charge in [0.15, 0.2) is 0 Å². The summed E-state index contributed by atoms with van der Waals surface area (Å²) in [4.78, 5) is 31.0. The maximum Gasteiger partial charge on any atom is 0.253 e. The lowest BCUT2D eigenvalue weighted by Gasteiger charge is -2.40. The highest BCUT2D eigenvalue weighted by atomic mass is 35.5. The van der Waals surface area contributed by atoms with E-state index in [4.69, 9.17) is 16.3 Å². The van der Waals surface area contributed by atoms with Gasteiger partial charge in [-0.3, -0.25) is 9.59 Å². The third-order valence-corrected chi connectivity index (χ3v) is 9.21. The minimum atomic E-state index is -0.183. The molecule has 1 spiro atoms. The highest BCUT2D eigenvalue weighted by Gasteiger charge is 2.42. The largest absolute Gasteiger partial charge is 0.497 e. The van der Waals surface area contributed by atoms with Crippen LogP contribution in [0.1, 0.15) is 63.6 Å². The number of hydrogen-bond acceptors (Lipinski definition) is 4. The molecular weight excluding hydrogens is 510 g/mol. The van der Waals surface area contributed by atoms with E-state index in [-0.39, 0.29) is 23.3 Å². The molecule has 39 heavy (non-hydrogen) atoms. The number of nitrogens with one attached hydrogen (secondary N) is 1. The number of aryl methyl sites for hydroxylation is 1. The molecule has 0 aromatic heterocycles. The molecule has 3 aliphatic rings. The van der Waals surface area contributed by atoms with Crippen LogP contribution in [0.25, 0.3) is 0 Å². The summed E-state index contributed by atoms with van der Waals surface area (Å²) in [5, 5.41) is 3.58. The Morgan fingerprint density at radius 2 is 1.72 bits per heavy atom. The van der Waals surface area contributed by atoms with Gasteiger partial charge in [-0.05, 0) is 97.2 Å². The second kappa shape index (κ2) is 10.6. The highest BCUT2D eigenvalue weighted by molar-refractivity contribution is 6.33. The summed E-state index contributed by atoms with van der Waals surface area (Å²) >= 11 is 6.24. The quantitative estimate of drug-likeness (QED) is 0.435. The molecule has 6 rings (SSSR count). The van der Waals surface area contributed by atoms with E-state index in [1.165, 1.54) is 11.3 Å². The number of methoxy groups -OCH3 is 1. The molecular formula is C32H34ClN3O3. The zero-order valence-corrected chi connectivity index (χ0v) is 23.0. The fraction of sp³-hybridized carbons (Fsp3) is 0.375. The first-order chi connectivity index (χ1) is 18.9. The molecule has 3 aromatic rings. The summed E-state index contributed by atoms with van der Waals surface area (Å²) in [5.41, 5.74) is 4.84. The van der Waals surface area contributed by atoms with Gasteiger partial charge in [0.25, 0.3) is 11.8 Å². The van der Waals surface area contributed by atoms with Crippen LogP contribution in [-0.4, -0.2) is 50.0 Å². The Kier molecular flexibility index (Phi) is 6.98. The van der Waals surface area contributed by atoms with Gasteiger partial charge >= 0.3 is 0 Å². The van der Waals surface area contributed by atoms with E-state index in [2.05, 4.69) is 28.4 Å². The van der Waals surface area contributed by atoms with Crippen molar-refractivity contribution in [2.24, 2.45) is 5.41 Å². The predicted octanol–water partition coefficient (Wildman–Crippen LogP) is 5.90. The molecule has 2 amide bonds. The van der Waals surface area contributed by atoms with Crippen molar-refractivity contribution in [3.63, 3.8) is 0 Å². The first kappa shape index (κ1) is 25.8. The first-order valence-corrected chi connectivity index (χ1v) is 14.2. The molecule has 2 fully saturated rings. The van der Waals surface area contributed by atoms with E-state index < -0.39 is 0 Å². The number of amides is 2. The van der Waals surface area contributed by atoms with Crippen molar-refractivity contribution in [3.05, 3.63) is 94.0 Å². The second-order valence-electron chi connectivity index (χ2n) is 11.1. The van der Waals surface area contributed by atoms with E-state index >= 15 is 0 Å². The van der Waals surface area contributed by atoms with Crippen LogP contribution in [0.4, 0.5) is 5.69 Å². The monoisotopic (exact) mass is 543 g/mol. The fourth-order valence-corrected chi connectivity index (χ4v) is 6.72. The van der Waals surface area contributed by atoms with Crippen LogP contribution in [0, 0.1) is 5.41 Å². The number of hydrogen-bond donors (Lipinski definition) is 1. The van der Waals surface area contributed by atoms with Crippen molar-refractivity contribution in [1.29, 1.82) is 0 Å². The van der Waals surface area contributed by atoms with Gasteiger partial charge in [-0.1, -0.05) is 29.8 Å². The number of benzene rings is 3. The topological polar surface area (TPSA) is 61.9 Å². The number of carbonyl (C=O) groups excluding carboxylic acids is 2. The molecule has 1 N–H and O–H groups in total. The first-order valence-electron chi connectivity index (χ1n) is 13.8. The average molecular weight is 544 g/mol. The van der Waals surface area contributed by atoms with E-state index in [9.17, 15) is 9.59 Å². The lowest BCUT2D eigenvalue weighted by atomic mass is 9.77. The van der Waals surface area contributed by atoms with Crippen molar-refractivity contribution in [1.82, 2.24) is 10.2 Å². The molecule has 0 radical (unpaired) electrons. The molecule has 2 saturated heterocycles. The zero-order valence-electron chi connectivity index (χ0n) is 22.3. The average Bonchev–Trinajstić information content (AvgIpc) is 3.57. The number of rotatable bonds is 5. The Bertz CT molecular complexity index is 1380. The van der Waals surface area contributed by atoms with Crippen LogP contribution < -0.4 is 15.0 Å². The molecule has 1 aliphatic carbocycles. The summed E-state index contributed by atoms with van der Waals surface area (Å²) in [7, 11) is 1.69. The van der Waals surface area contributed by atoms with Crippen molar-refractivity contribution in [2.75, 3.05) is 38.2 Å². The number of carbonyl (C=O) groups is 2. The highest BCUT2D eigenvalue weighted by Crippen LogP contribution is 2.42. The second-order valence-corrected chi connectivity index (χ2v) is 11.5. The van der Waals surface area contributed by atoms with E-state index in [1.54, 1.807) is 19.2 Å². The Hall–Kier alpha value is -3.51. The van der Waals surface area contributed by atoms with Gasteiger partial charge in [-0.2, -0.15) is 0 Å². The Morgan fingerprint density at radius 1 is 0.974 bits per heavy atom. The molecule has 7 heteroatoms. The number of nitrogens with zero attached hydrogens (tertiary/aromatic N) is 2. The lowest BCUT2D eigenvalue weighted by Crippen LogP contribution is -2.42. The SMILES string of the molecule is COc1ccc(N2CCC3(CCN(C(=O)c4ccc5c(c4)[C@H](NC(=O)c4ccccc4Cl)CC5)C3)CC2)cc1. The Balaban J connectivity index is 1.10. The number of fused-ring (bicyclic) bond motifs is 1. The molecule has 3 aromatic carbocycles. The third kappa shape index (κ3) is 5.10. The van der Waals surface area contributed by atoms with Crippen LogP contribution in [-0.2, 0) is 6.42 Å². The predicted molar refractivity (Wildman–Crippen MR) is 154 cm³/mol. The van der Waals surface area contributed by atoms with Crippen molar-refractivity contribution in [3.8, 4) is 5.75 Å². The molecule has 202 valence electrons. The number of halogens is 1. The van der Waals surface area contributed by atoms with Gasteiger partial charge in [-0.25, -0.2) is 0 Å². The smallest absolute Gasteiger partial charge is 0.253 e. The minimum Gasteiger partial charge on any atom is -0.497 e. The molecule has 1 atom stereocenters. The zero-order chi connectivity index (χ0) is 27.0. The van der Waals surface area contributed by atoms with E-state index in [0.29, 0.717) is 16.1 Å². The van der Waals surface area contributed by atoms with Crippen molar-refractivity contribution in [2.45, 2.75) is 38.1 Å². The summed E-state index contributed by atoms with van der Waals surface area (Å²) in [6.45, 7) is 3.61. The number of ether oxygens (including phenoxy) is 1. The normalized spacial score (nSPS) is 19.7. The van der Waals surface area contributed by atoms with Crippen molar-refractivity contribution >= 4 is 29.1 Å². The summed E-state index contributed by atoms with van der Waals surface area (Å²) in [6.07, 6.45) is 4.93. The minimum absolute atomic E-state index is 0.0929. The molecule has 0 bridgehead atoms. The van der Waals surface area contributed by atoms with Crippen LogP contribution in [0.2, 0.25) is 5.02 Å². The van der Waals surface area contributed by atoms with Gasteiger partial charge in [-0.15, -0.1) is 0 Å². The van der Waals surface area contributed by atoms with Gasteiger partial charge in [0.05, 0.1) is 23.7 Å². The number of piperidine rings is 1. The number of anilines is 1. The molecule has 2 heterocycles. The van der Waals surface area contributed by atoms with E-state index in [0.717, 1.165) is 69.6 Å². The third-order valence-electron chi connectivity index (χ3n) is 8.88. The van der Waals surface area contributed by atoms with E-state index in [1.807, 2.05) is 41.3 Å². The fourth-order valence-electron chi connectivity index (χ4n) is 6.50. The van der Waals surface area contributed by atoms with Gasteiger partial charge in [0.1, 0.15) is 5.75 Å². The lowest BCUT2D eigenvalue weighted by molar-refractivity contribution is 0.0764. The van der Waals surface area contributed by atoms with Crippen LogP contribution in [0.5, 0.6) is 5.75 Å². The maximum atomic E-state index is 13.6. The van der Waals surface area contributed by atoms with Crippen LogP contribution >= 0.6 is 11.6 Å². The maximum absolute atomic E-state index is 13.6. The molecule has 0 unspecified atom stereocenters. The summed E-state index contributed by atoms with van der Waals surface area (Å²) in [5.74, 6) is 0.783. The van der Waals surface area contributed by atoms with Crippen LogP contribution in [0.15, 0.2) is 66.7 Å². The van der Waals surface area contributed by atoms with Crippen molar-refractivity contribution < 1.29 is 14.3 Å². The Morgan fingerprint density at radius 3 is 2.46 bits per heavy atom. The van der Waals surface area contributed by atoms with Crippen LogP contribution in [0.3, 0.4) is 0 Å². The summed E-state index contributed by atoms with van der Waals surface area (Å²) in [6, 6.07) is 21.3. The standard InChI is InChI=1S/C32H34ClN3O3/c1-39-25-11-9-24(10-12-25)35-17-14-32(15-18-35)16-19-36(21-32)31(38)23-7-6-22-8-13-29(27(22)20-23)34-30(37)26-4-2-3-5-28(26)33/h2-7,9-12,20,29H,8,13-19,21H2,1H3,(H,34,37)/t29-/m1/s1. The van der Waals surface area contributed by atoms with Gasteiger partial charge in [0.2, 0.25) is 0 Å². The Labute approximate surface area is 234 Å².